The summed E-state index contributed by atoms with van der Waals surface area (Å²) in [6, 6.07) is 12.7. The third-order valence-corrected chi connectivity index (χ3v) is 2.87. The van der Waals surface area contributed by atoms with E-state index in [4.69, 9.17) is 16.3 Å². The van der Waals surface area contributed by atoms with E-state index in [2.05, 4.69) is 0 Å². The summed E-state index contributed by atoms with van der Waals surface area (Å²) < 4.78 is 5.28. The summed E-state index contributed by atoms with van der Waals surface area (Å²) in [5.74, 6) is 0.659. The van der Waals surface area contributed by atoms with Crippen molar-refractivity contribution in [1.82, 2.24) is 0 Å². The Morgan fingerprint density at radius 3 is 2.59 bits per heavy atom. The fourth-order valence-corrected chi connectivity index (χ4v) is 2.03. The molecule has 2 rings (SSSR count). The molecule has 0 aliphatic carbocycles. The van der Waals surface area contributed by atoms with Gasteiger partial charge in [-0.05, 0) is 17.7 Å². The minimum atomic E-state index is 0.568. The number of ether oxygens (including phenoxy) is 1. The lowest BCUT2D eigenvalue weighted by molar-refractivity contribution is 0.112. The van der Waals surface area contributed by atoms with Crippen LogP contribution in [0.5, 0.6) is 5.75 Å². The largest absolute Gasteiger partial charge is 0.496 e. The van der Waals surface area contributed by atoms with E-state index in [0.29, 0.717) is 16.3 Å². The lowest BCUT2D eigenvalue weighted by atomic mass is 9.99. The lowest BCUT2D eigenvalue weighted by Crippen LogP contribution is -1.92. The second-order valence-electron chi connectivity index (χ2n) is 3.52. The number of benzene rings is 2. The van der Waals surface area contributed by atoms with Crippen molar-refractivity contribution in [3.05, 3.63) is 53.1 Å². The van der Waals surface area contributed by atoms with Gasteiger partial charge >= 0.3 is 0 Å². The molecule has 0 aliphatic rings. The number of carbonyl (C=O) groups excluding carboxylic acids is 1. The number of methoxy groups -OCH3 is 1. The number of aldehydes is 1. The van der Waals surface area contributed by atoms with Gasteiger partial charge in [0, 0.05) is 11.1 Å². The molecule has 0 heterocycles. The van der Waals surface area contributed by atoms with Crippen molar-refractivity contribution in [3.8, 4) is 16.9 Å². The second kappa shape index (κ2) is 5.02. The Bertz CT molecular complexity index is 550. The number of hydrogen-bond acceptors (Lipinski definition) is 2. The summed E-state index contributed by atoms with van der Waals surface area (Å²) in [7, 11) is 1.58. The Hall–Kier alpha value is -1.80. The van der Waals surface area contributed by atoms with E-state index >= 15 is 0 Å². The molecule has 0 spiro atoms. The van der Waals surface area contributed by atoms with Gasteiger partial charge in [-0.2, -0.15) is 0 Å². The Morgan fingerprint density at radius 2 is 1.88 bits per heavy atom. The molecular formula is C14H11ClO2. The Morgan fingerprint density at radius 1 is 1.12 bits per heavy atom. The standard InChI is InChI=1S/C14H11ClO2/c1-17-13-8-4-7-12(15)14(13)11-6-3-2-5-10(11)9-16/h2-9H,1H3. The molecule has 0 saturated heterocycles. The van der Waals surface area contributed by atoms with Crippen LogP contribution < -0.4 is 4.74 Å². The molecule has 2 nitrogen and oxygen atoms in total. The van der Waals surface area contributed by atoms with Crippen molar-refractivity contribution in [2.75, 3.05) is 7.11 Å². The fraction of sp³-hybridized carbons (Fsp3) is 0.0714. The van der Waals surface area contributed by atoms with Gasteiger partial charge in [-0.15, -0.1) is 0 Å². The molecule has 0 amide bonds. The third-order valence-electron chi connectivity index (χ3n) is 2.55. The van der Waals surface area contributed by atoms with Gasteiger partial charge in [0.2, 0.25) is 0 Å². The maximum Gasteiger partial charge on any atom is 0.150 e. The van der Waals surface area contributed by atoms with Crippen LogP contribution in [0.4, 0.5) is 0 Å². The molecule has 3 heteroatoms. The van der Waals surface area contributed by atoms with Crippen LogP contribution in [0.15, 0.2) is 42.5 Å². The SMILES string of the molecule is COc1cccc(Cl)c1-c1ccccc1C=O. The van der Waals surface area contributed by atoms with E-state index in [1.165, 1.54) is 0 Å². The average Bonchev–Trinajstić information content (AvgIpc) is 2.38. The van der Waals surface area contributed by atoms with Crippen LogP contribution in [0.25, 0.3) is 11.1 Å². The predicted octanol–water partition coefficient (Wildman–Crippen LogP) is 3.83. The molecule has 0 fully saturated rings. The molecule has 2 aromatic rings. The van der Waals surface area contributed by atoms with Crippen LogP contribution in [0.2, 0.25) is 5.02 Å². The first-order valence-corrected chi connectivity index (χ1v) is 5.53. The van der Waals surface area contributed by atoms with Crippen molar-refractivity contribution in [2.45, 2.75) is 0 Å². The van der Waals surface area contributed by atoms with Crippen molar-refractivity contribution in [2.24, 2.45) is 0 Å². The first-order valence-electron chi connectivity index (χ1n) is 5.15. The monoisotopic (exact) mass is 246 g/mol. The van der Waals surface area contributed by atoms with Crippen LogP contribution in [0.3, 0.4) is 0 Å². The first kappa shape index (κ1) is 11.7. The quantitative estimate of drug-likeness (QED) is 0.770. The molecular weight excluding hydrogens is 236 g/mol. The van der Waals surface area contributed by atoms with Crippen LogP contribution in [-0.4, -0.2) is 13.4 Å². The summed E-state index contributed by atoms with van der Waals surface area (Å²) in [6.45, 7) is 0. The zero-order valence-corrected chi connectivity index (χ0v) is 10.1. The summed E-state index contributed by atoms with van der Waals surface area (Å²) in [6.07, 6.45) is 0.818. The van der Waals surface area contributed by atoms with Crippen LogP contribution in [-0.2, 0) is 0 Å². The van der Waals surface area contributed by atoms with Crippen LogP contribution in [0, 0.1) is 0 Å². The maximum atomic E-state index is 11.0. The van der Waals surface area contributed by atoms with Gasteiger partial charge in [0.25, 0.3) is 0 Å². The van der Waals surface area contributed by atoms with E-state index in [1.54, 1.807) is 19.2 Å². The van der Waals surface area contributed by atoms with Gasteiger partial charge in [-0.3, -0.25) is 4.79 Å². The summed E-state index contributed by atoms with van der Waals surface area (Å²) >= 11 is 6.18. The second-order valence-corrected chi connectivity index (χ2v) is 3.93. The molecule has 0 bridgehead atoms. The van der Waals surface area contributed by atoms with Gasteiger partial charge < -0.3 is 4.74 Å². The highest BCUT2D eigenvalue weighted by Gasteiger charge is 2.12. The van der Waals surface area contributed by atoms with E-state index in [0.717, 1.165) is 17.4 Å². The number of halogens is 1. The van der Waals surface area contributed by atoms with Crippen LogP contribution in [0.1, 0.15) is 10.4 Å². The zero-order valence-electron chi connectivity index (χ0n) is 9.31. The van der Waals surface area contributed by atoms with Gasteiger partial charge in [0.15, 0.2) is 6.29 Å². The predicted molar refractivity (Wildman–Crippen MR) is 68.8 cm³/mol. The molecule has 0 radical (unpaired) electrons. The number of hydrogen-bond donors (Lipinski definition) is 0. The molecule has 0 aromatic heterocycles. The number of rotatable bonds is 3. The Labute approximate surface area is 105 Å². The summed E-state index contributed by atoms with van der Waals surface area (Å²) in [4.78, 5) is 11.0. The minimum Gasteiger partial charge on any atom is -0.496 e. The average molecular weight is 247 g/mol. The Balaban J connectivity index is 2.71. The summed E-state index contributed by atoms with van der Waals surface area (Å²) in [5.41, 5.74) is 2.13. The van der Waals surface area contributed by atoms with Gasteiger partial charge in [-0.1, -0.05) is 41.9 Å². The van der Waals surface area contributed by atoms with Gasteiger partial charge in [-0.25, -0.2) is 0 Å². The fourth-order valence-electron chi connectivity index (χ4n) is 1.76. The van der Waals surface area contributed by atoms with Crippen LogP contribution >= 0.6 is 11.6 Å². The number of carbonyl (C=O) groups is 1. The third kappa shape index (κ3) is 2.17. The zero-order chi connectivity index (χ0) is 12.3. The molecule has 0 saturated carbocycles. The van der Waals surface area contributed by atoms with Crippen molar-refractivity contribution in [3.63, 3.8) is 0 Å². The molecule has 0 atom stereocenters. The minimum absolute atomic E-state index is 0.568. The molecule has 17 heavy (non-hydrogen) atoms. The topological polar surface area (TPSA) is 26.3 Å². The van der Waals surface area contributed by atoms with Gasteiger partial charge in [0.1, 0.15) is 5.75 Å². The highest BCUT2D eigenvalue weighted by Crippen LogP contribution is 2.37. The molecule has 2 aromatic carbocycles. The lowest BCUT2D eigenvalue weighted by Gasteiger charge is -2.11. The Kier molecular flexibility index (Phi) is 3.45. The highest BCUT2D eigenvalue weighted by molar-refractivity contribution is 6.33. The maximum absolute atomic E-state index is 11.0. The van der Waals surface area contributed by atoms with E-state index in [-0.39, 0.29) is 0 Å². The molecule has 0 unspecified atom stereocenters. The van der Waals surface area contributed by atoms with Crippen molar-refractivity contribution < 1.29 is 9.53 Å². The summed E-state index contributed by atoms with van der Waals surface area (Å²) in [5, 5.41) is 0.568. The van der Waals surface area contributed by atoms with E-state index in [1.807, 2.05) is 30.3 Å². The first-order chi connectivity index (χ1) is 8.27. The molecule has 0 aliphatic heterocycles. The molecule has 0 N–H and O–H groups in total. The van der Waals surface area contributed by atoms with E-state index < -0.39 is 0 Å². The highest BCUT2D eigenvalue weighted by atomic mass is 35.5. The van der Waals surface area contributed by atoms with Crippen molar-refractivity contribution in [1.29, 1.82) is 0 Å². The normalized spacial score (nSPS) is 10.0. The van der Waals surface area contributed by atoms with E-state index in [9.17, 15) is 4.79 Å². The van der Waals surface area contributed by atoms with Crippen molar-refractivity contribution >= 4 is 17.9 Å². The molecule has 86 valence electrons. The van der Waals surface area contributed by atoms with Gasteiger partial charge in [0.05, 0.1) is 12.1 Å². The smallest absolute Gasteiger partial charge is 0.150 e.